The monoisotopic (exact) mass is 282 g/mol. The Kier molecular flexibility index (Phi) is 4.34. The third kappa shape index (κ3) is 2.71. The summed E-state index contributed by atoms with van der Waals surface area (Å²) in [5.74, 6) is 1.51. The first kappa shape index (κ1) is 14.2. The number of methoxy groups -OCH3 is 1. The number of hydrogen-bond donors (Lipinski definition) is 1. The van der Waals surface area contributed by atoms with E-state index in [1.54, 1.807) is 7.11 Å². The van der Waals surface area contributed by atoms with Crippen molar-refractivity contribution in [1.82, 2.24) is 0 Å². The lowest BCUT2D eigenvalue weighted by Crippen LogP contribution is -2.28. The number of thiophene rings is 1. The van der Waals surface area contributed by atoms with E-state index in [0.29, 0.717) is 22.7 Å². The minimum Gasteiger partial charge on any atom is -0.492 e. The van der Waals surface area contributed by atoms with Crippen molar-refractivity contribution in [3.63, 3.8) is 0 Å². The van der Waals surface area contributed by atoms with Gasteiger partial charge in [0.05, 0.1) is 17.7 Å². The predicted molar refractivity (Wildman–Crippen MR) is 80.5 cm³/mol. The first-order valence-corrected chi connectivity index (χ1v) is 7.60. The van der Waals surface area contributed by atoms with Crippen molar-refractivity contribution in [1.29, 1.82) is 0 Å². The van der Waals surface area contributed by atoms with Crippen LogP contribution < -0.4 is 15.4 Å². The minimum atomic E-state index is 0.0871. The zero-order valence-electron chi connectivity index (χ0n) is 11.9. The molecule has 1 aromatic heterocycles. The Morgan fingerprint density at radius 1 is 1.53 bits per heavy atom. The number of nitrogens with zero attached hydrogens (tertiary/aromatic N) is 1. The van der Waals surface area contributed by atoms with E-state index in [0.717, 1.165) is 17.5 Å². The molecule has 0 aliphatic heterocycles. The Labute approximate surface area is 118 Å². The molecule has 1 saturated carbocycles. The van der Waals surface area contributed by atoms with Crippen LogP contribution in [0.1, 0.15) is 42.3 Å². The molecule has 0 radical (unpaired) electrons. The fraction of sp³-hybridized carbons (Fsp3) is 0.643. The summed E-state index contributed by atoms with van der Waals surface area (Å²) in [6.45, 7) is 2.86. The Morgan fingerprint density at radius 3 is 2.68 bits per heavy atom. The van der Waals surface area contributed by atoms with Gasteiger partial charge >= 0.3 is 0 Å². The van der Waals surface area contributed by atoms with Crippen molar-refractivity contribution >= 4 is 27.8 Å². The Balaban J connectivity index is 2.24. The van der Waals surface area contributed by atoms with Crippen LogP contribution in [0.2, 0.25) is 0 Å². The van der Waals surface area contributed by atoms with Gasteiger partial charge in [-0.25, -0.2) is 0 Å². The molecule has 0 aromatic carbocycles. The van der Waals surface area contributed by atoms with Crippen LogP contribution in [0.4, 0.5) is 10.7 Å². The van der Waals surface area contributed by atoms with Crippen LogP contribution in [0.25, 0.3) is 0 Å². The van der Waals surface area contributed by atoms with Crippen molar-refractivity contribution in [3.05, 3.63) is 4.88 Å². The van der Waals surface area contributed by atoms with Gasteiger partial charge in [-0.1, -0.05) is 13.3 Å². The van der Waals surface area contributed by atoms with Gasteiger partial charge in [0.25, 0.3) is 0 Å². The molecule has 4 nitrogen and oxygen atoms in total. The second-order valence-electron chi connectivity index (χ2n) is 5.14. The van der Waals surface area contributed by atoms with E-state index in [-0.39, 0.29) is 5.78 Å². The van der Waals surface area contributed by atoms with Gasteiger partial charge in [0.2, 0.25) is 0 Å². The Bertz CT molecular complexity index is 466. The van der Waals surface area contributed by atoms with Crippen LogP contribution in [0.15, 0.2) is 0 Å². The second-order valence-corrected chi connectivity index (χ2v) is 6.14. The molecule has 0 amide bonds. The number of hydrogen-bond acceptors (Lipinski definition) is 5. The summed E-state index contributed by atoms with van der Waals surface area (Å²) in [6, 6.07) is 0. The lowest BCUT2D eigenvalue weighted by atomic mass is 9.85. The number of ketones is 1. The highest BCUT2D eigenvalue weighted by Gasteiger charge is 2.26. The molecular formula is C14H22N2O2S. The summed E-state index contributed by atoms with van der Waals surface area (Å²) in [7, 11) is 3.66. The van der Waals surface area contributed by atoms with E-state index in [2.05, 4.69) is 4.90 Å². The smallest absolute Gasteiger partial charge is 0.177 e. The summed E-state index contributed by atoms with van der Waals surface area (Å²) in [5.41, 5.74) is 6.54. The summed E-state index contributed by atoms with van der Waals surface area (Å²) in [6.07, 6.45) is 4.41. The minimum absolute atomic E-state index is 0.0871. The van der Waals surface area contributed by atoms with Gasteiger partial charge in [0, 0.05) is 20.0 Å². The van der Waals surface area contributed by atoms with Crippen LogP contribution in [-0.2, 0) is 0 Å². The normalized spacial score (nSPS) is 15.1. The van der Waals surface area contributed by atoms with Crippen molar-refractivity contribution in [3.8, 4) is 5.75 Å². The van der Waals surface area contributed by atoms with E-state index >= 15 is 0 Å². The van der Waals surface area contributed by atoms with Crippen LogP contribution in [0.5, 0.6) is 5.75 Å². The molecule has 1 aromatic rings. The van der Waals surface area contributed by atoms with E-state index < -0.39 is 0 Å². The SMILES string of the molecule is CCC(=O)c1sc(N(C)CC2CCC2)c(OC)c1N. The van der Waals surface area contributed by atoms with Crippen molar-refractivity contribution in [2.24, 2.45) is 5.92 Å². The third-order valence-electron chi connectivity index (χ3n) is 3.76. The molecule has 2 N–H and O–H groups in total. The van der Waals surface area contributed by atoms with E-state index in [9.17, 15) is 4.79 Å². The largest absolute Gasteiger partial charge is 0.492 e. The zero-order valence-corrected chi connectivity index (χ0v) is 12.7. The summed E-state index contributed by atoms with van der Waals surface area (Å²) >= 11 is 1.45. The van der Waals surface area contributed by atoms with Crippen molar-refractivity contribution < 1.29 is 9.53 Å². The Hall–Kier alpha value is -1.23. The van der Waals surface area contributed by atoms with E-state index in [1.165, 1.54) is 30.6 Å². The standard InChI is InChI=1S/C14H22N2O2S/c1-4-10(17)13-11(15)12(18-3)14(19-13)16(2)8-9-6-5-7-9/h9H,4-8,15H2,1-3H3. The molecule has 106 valence electrons. The van der Waals surface area contributed by atoms with Crippen molar-refractivity contribution in [2.45, 2.75) is 32.6 Å². The van der Waals surface area contributed by atoms with Crippen LogP contribution in [0.3, 0.4) is 0 Å². The van der Waals surface area contributed by atoms with Crippen molar-refractivity contribution in [2.75, 3.05) is 31.3 Å². The fourth-order valence-corrected chi connectivity index (χ4v) is 3.55. The molecule has 1 aliphatic rings. The number of ether oxygens (including phenoxy) is 1. The maximum Gasteiger partial charge on any atom is 0.177 e. The number of nitrogen functional groups attached to an aromatic ring is 1. The molecule has 0 saturated heterocycles. The molecule has 0 atom stereocenters. The fourth-order valence-electron chi connectivity index (χ4n) is 2.38. The highest BCUT2D eigenvalue weighted by molar-refractivity contribution is 7.19. The Morgan fingerprint density at radius 2 is 2.21 bits per heavy atom. The molecule has 19 heavy (non-hydrogen) atoms. The number of rotatable bonds is 6. The van der Waals surface area contributed by atoms with Gasteiger partial charge in [-0.2, -0.15) is 0 Å². The molecule has 1 fully saturated rings. The molecule has 5 heteroatoms. The quantitative estimate of drug-likeness (QED) is 0.814. The van der Waals surface area contributed by atoms with Gasteiger partial charge in [-0.3, -0.25) is 4.79 Å². The average Bonchev–Trinajstić information content (AvgIpc) is 2.69. The average molecular weight is 282 g/mol. The molecule has 1 aliphatic carbocycles. The molecular weight excluding hydrogens is 260 g/mol. The summed E-state index contributed by atoms with van der Waals surface area (Å²) < 4.78 is 5.40. The third-order valence-corrected chi connectivity index (χ3v) is 5.11. The molecule has 0 spiro atoms. The number of anilines is 2. The topological polar surface area (TPSA) is 55.6 Å². The summed E-state index contributed by atoms with van der Waals surface area (Å²) in [4.78, 5) is 14.7. The molecule has 1 heterocycles. The molecule has 2 rings (SSSR count). The number of Topliss-reactive ketones (excluding diaryl/α,β-unsaturated/α-hetero) is 1. The van der Waals surface area contributed by atoms with Gasteiger partial charge in [-0.05, 0) is 18.8 Å². The van der Waals surface area contributed by atoms with Gasteiger partial charge in [0.1, 0.15) is 5.00 Å². The van der Waals surface area contributed by atoms with Gasteiger partial charge in [-0.15, -0.1) is 11.3 Å². The maximum absolute atomic E-state index is 11.9. The van der Waals surface area contributed by atoms with Crippen LogP contribution >= 0.6 is 11.3 Å². The predicted octanol–water partition coefficient (Wildman–Crippen LogP) is 3.17. The first-order chi connectivity index (χ1) is 9.08. The lowest BCUT2D eigenvalue weighted by molar-refractivity contribution is 0.0992. The number of carbonyl (C=O) groups is 1. The van der Waals surface area contributed by atoms with Gasteiger partial charge < -0.3 is 15.4 Å². The zero-order chi connectivity index (χ0) is 14.0. The number of carbonyl (C=O) groups excluding carboxylic acids is 1. The van der Waals surface area contributed by atoms with Crippen LogP contribution in [-0.4, -0.2) is 26.5 Å². The van der Waals surface area contributed by atoms with Crippen LogP contribution in [0, 0.1) is 5.92 Å². The molecule has 0 bridgehead atoms. The second kappa shape index (κ2) is 5.82. The highest BCUT2D eigenvalue weighted by Crippen LogP contribution is 2.45. The van der Waals surface area contributed by atoms with E-state index in [1.807, 2.05) is 14.0 Å². The lowest BCUT2D eigenvalue weighted by Gasteiger charge is -2.30. The molecule has 0 unspecified atom stereocenters. The first-order valence-electron chi connectivity index (χ1n) is 6.79. The van der Waals surface area contributed by atoms with Gasteiger partial charge in [0.15, 0.2) is 11.5 Å². The van der Waals surface area contributed by atoms with E-state index in [4.69, 9.17) is 10.5 Å². The summed E-state index contributed by atoms with van der Waals surface area (Å²) in [5, 5.41) is 0.976. The highest BCUT2D eigenvalue weighted by atomic mass is 32.1. The number of nitrogens with two attached hydrogens (primary N) is 1. The maximum atomic E-state index is 11.9.